The van der Waals surface area contributed by atoms with E-state index in [2.05, 4.69) is 5.10 Å². The number of nitrogens with zero attached hydrogens (tertiary/aromatic N) is 2. The van der Waals surface area contributed by atoms with Gasteiger partial charge < -0.3 is 5.73 Å². The molecular formula is C11H12ClN3. The maximum atomic E-state index is 6.10. The van der Waals surface area contributed by atoms with Crippen LogP contribution in [0.1, 0.15) is 11.1 Å². The summed E-state index contributed by atoms with van der Waals surface area (Å²) < 4.78 is 1.76. The zero-order chi connectivity index (χ0) is 10.8. The lowest BCUT2D eigenvalue weighted by Crippen LogP contribution is -2.00. The molecule has 4 heteroatoms. The molecule has 0 saturated carbocycles. The zero-order valence-electron chi connectivity index (χ0n) is 8.44. The van der Waals surface area contributed by atoms with E-state index in [1.807, 2.05) is 31.3 Å². The summed E-state index contributed by atoms with van der Waals surface area (Å²) in [5, 5.41) is 4.89. The minimum atomic E-state index is 0.504. The summed E-state index contributed by atoms with van der Waals surface area (Å²) in [4.78, 5) is 0. The first-order chi connectivity index (χ1) is 7.20. The molecule has 2 rings (SSSR count). The van der Waals surface area contributed by atoms with Crippen molar-refractivity contribution in [1.82, 2.24) is 9.78 Å². The Hall–Kier alpha value is -1.32. The molecule has 3 nitrogen and oxygen atoms in total. The van der Waals surface area contributed by atoms with Crippen LogP contribution in [-0.4, -0.2) is 9.78 Å². The predicted molar refractivity (Wildman–Crippen MR) is 61.2 cm³/mol. The van der Waals surface area contributed by atoms with Gasteiger partial charge in [-0.2, -0.15) is 5.10 Å². The van der Waals surface area contributed by atoms with Gasteiger partial charge in [0.2, 0.25) is 0 Å². The largest absolute Gasteiger partial charge is 0.326 e. The Bertz CT molecular complexity index is 476. The molecule has 1 aromatic heterocycles. The van der Waals surface area contributed by atoms with Crippen LogP contribution >= 0.6 is 11.6 Å². The number of hydrogen-bond donors (Lipinski definition) is 1. The fourth-order valence-electron chi connectivity index (χ4n) is 1.41. The second-order valence-electron chi connectivity index (χ2n) is 3.45. The van der Waals surface area contributed by atoms with E-state index in [0.717, 1.165) is 16.8 Å². The van der Waals surface area contributed by atoms with Crippen molar-refractivity contribution in [3.63, 3.8) is 0 Å². The molecule has 0 atom stereocenters. The summed E-state index contributed by atoms with van der Waals surface area (Å²) in [5.74, 6) is 0. The molecule has 1 heterocycles. The number of halogens is 1. The normalized spacial score (nSPS) is 10.6. The molecule has 78 valence electrons. The van der Waals surface area contributed by atoms with Crippen LogP contribution in [0.25, 0.3) is 5.69 Å². The van der Waals surface area contributed by atoms with Gasteiger partial charge in [-0.1, -0.05) is 17.7 Å². The van der Waals surface area contributed by atoms with Gasteiger partial charge >= 0.3 is 0 Å². The summed E-state index contributed by atoms with van der Waals surface area (Å²) in [6, 6.07) is 5.72. The first-order valence-corrected chi connectivity index (χ1v) is 5.08. The molecule has 0 aliphatic heterocycles. The molecular weight excluding hydrogens is 210 g/mol. The summed E-state index contributed by atoms with van der Waals surface area (Å²) in [5.41, 5.74) is 8.59. The minimum Gasteiger partial charge on any atom is -0.326 e. The summed E-state index contributed by atoms with van der Waals surface area (Å²) >= 11 is 6.10. The molecule has 0 saturated heterocycles. The van der Waals surface area contributed by atoms with Gasteiger partial charge in [0.15, 0.2) is 0 Å². The Morgan fingerprint density at radius 2 is 2.27 bits per heavy atom. The predicted octanol–water partition coefficient (Wildman–Crippen LogP) is 2.29. The highest BCUT2D eigenvalue weighted by Crippen LogP contribution is 2.21. The van der Waals surface area contributed by atoms with Gasteiger partial charge in [0, 0.05) is 12.7 Å². The van der Waals surface area contributed by atoms with Gasteiger partial charge in [-0.25, -0.2) is 4.68 Å². The Labute approximate surface area is 93.5 Å². The Balaban J connectivity index is 2.51. The smallest absolute Gasteiger partial charge is 0.0835 e. The van der Waals surface area contributed by atoms with E-state index in [1.165, 1.54) is 0 Å². The molecule has 0 spiro atoms. The number of rotatable bonds is 2. The number of benzene rings is 1. The van der Waals surface area contributed by atoms with Gasteiger partial charge in [-0.3, -0.25) is 0 Å². The third kappa shape index (κ3) is 2.03. The topological polar surface area (TPSA) is 43.8 Å². The Morgan fingerprint density at radius 1 is 1.47 bits per heavy atom. The molecule has 0 radical (unpaired) electrons. The van der Waals surface area contributed by atoms with Gasteiger partial charge in [0.25, 0.3) is 0 Å². The number of hydrogen-bond acceptors (Lipinski definition) is 2. The SMILES string of the molecule is Cc1cnn(-c2cc(CN)ccc2Cl)c1. The highest BCUT2D eigenvalue weighted by atomic mass is 35.5. The average Bonchev–Trinajstić information content (AvgIpc) is 2.65. The van der Waals surface area contributed by atoms with E-state index in [1.54, 1.807) is 10.9 Å². The van der Waals surface area contributed by atoms with Gasteiger partial charge in [0.05, 0.1) is 16.9 Å². The van der Waals surface area contributed by atoms with Crippen molar-refractivity contribution in [1.29, 1.82) is 0 Å². The fraction of sp³-hybridized carbons (Fsp3) is 0.182. The molecule has 2 aromatic rings. The van der Waals surface area contributed by atoms with Crippen LogP contribution in [0.3, 0.4) is 0 Å². The van der Waals surface area contributed by atoms with Crippen LogP contribution in [-0.2, 0) is 6.54 Å². The van der Waals surface area contributed by atoms with Crippen molar-refractivity contribution in [2.75, 3.05) is 0 Å². The van der Waals surface area contributed by atoms with Crippen molar-refractivity contribution < 1.29 is 0 Å². The lowest BCUT2D eigenvalue weighted by molar-refractivity contribution is 0.876. The van der Waals surface area contributed by atoms with Crippen LogP contribution < -0.4 is 5.73 Å². The van der Waals surface area contributed by atoms with Gasteiger partial charge in [-0.15, -0.1) is 0 Å². The van der Waals surface area contributed by atoms with E-state index in [4.69, 9.17) is 17.3 Å². The van der Waals surface area contributed by atoms with E-state index in [0.29, 0.717) is 11.6 Å². The first-order valence-electron chi connectivity index (χ1n) is 4.71. The summed E-state index contributed by atoms with van der Waals surface area (Å²) in [6.45, 7) is 2.49. The Morgan fingerprint density at radius 3 is 2.87 bits per heavy atom. The standard InChI is InChI=1S/C11H12ClN3/c1-8-6-14-15(7-8)11-4-9(5-13)2-3-10(11)12/h2-4,6-7H,5,13H2,1H3. The molecule has 0 fully saturated rings. The number of nitrogens with two attached hydrogens (primary N) is 1. The molecule has 0 bridgehead atoms. The second kappa shape index (κ2) is 4.04. The molecule has 0 aliphatic carbocycles. The zero-order valence-corrected chi connectivity index (χ0v) is 9.20. The van der Waals surface area contributed by atoms with Crippen molar-refractivity contribution in [3.8, 4) is 5.69 Å². The molecule has 0 unspecified atom stereocenters. The third-order valence-electron chi connectivity index (χ3n) is 2.20. The van der Waals surface area contributed by atoms with Crippen LogP contribution in [0.4, 0.5) is 0 Å². The Kier molecular flexibility index (Phi) is 2.75. The first kappa shape index (κ1) is 10.2. The van der Waals surface area contributed by atoms with Crippen LogP contribution in [0.5, 0.6) is 0 Å². The minimum absolute atomic E-state index is 0.504. The van der Waals surface area contributed by atoms with Crippen LogP contribution in [0, 0.1) is 6.92 Å². The second-order valence-corrected chi connectivity index (χ2v) is 3.86. The molecule has 2 N–H and O–H groups in total. The van der Waals surface area contributed by atoms with Gasteiger partial charge in [0.1, 0.15) is 0 Å². The van der Waals surface area contributed by atoms with Crippen LogP contribution in [0.2, 0.25) is 5.02 Å². The number of aromatic nitrogens is 2. The lowest BCUT2D eigenvalue weighted by atomic mass is 10.2. The van der Waals surface area contributed by atoms with Gasteiger partial charge in [-0.05, 0) is 30.2 Å². The highest BCUT2D eigenvalue weighted by Gasteiger charge is 2.04. The van der Waals surface area contributed by atoms with E-state index >= 15 is 0 Å². The molecule has 0 amide bonds. The van der Waals surface area contributed by atoms with Crippen molar-refractivity contribution in [3.05, 3.63) is 46.7 Å². The molecule has 1 aromatic carbocycles. The fourth-order valence-corrected chi connectivity index (χ4v) is 1.61. The average molecular weight is 222 g/mol. The third-order valence-corrected chi connectivity index (χ3v) is 2.52. The lowest BCUT2D eigenvalue weighted by Gasteiger charge is -2.06. The van der Waals surface area contributed by atoms with Crippen molar-refractivity contribution >= 4 is 11.6 Å². The highest BCUT2D eigenvalue weighted by molar-refractivity contribution is 6.32. The summed E-state index contributed by atoms with van der Waals surface area (Å²) in [6.07, 6.45) is 3.73. The van der Waals surface area contributed by atoms with E-state index in [9.17, 15) is 0 Å². The molecule has 0 aliphatic rings. The van der Waals surface area contributed by atoms with Crippen LogP contribution in [0.15, 0.2) is 30.6 Å². The quantitative estimate of drug-likeness (QED) is 0.846. The monoisotopic (exact) mass is 221 g/mol. The molecule has 15 heavy (non-hydrogen) atoms. The summed E-state index contributed by atoms with van der Waals surface area (Å²) in [7, 11) is 0. The number of aryl methyl sites for hydroxylation is 1. The maximum Gasteiger partial charge on any atom is 0.0835 e. The van der Waals surface area contributed by atoms with Crippen molar-refractivity contribution in [2.45, 2.75) is 13.5 Å². The van der Waals surface area contributed by atoms with E-state index in [-0.39, 0.29) is 0 Å². The van der Waals surface area contributed by atoms with E-state index < -0.39 is 0 Å². The van der Waals surface area contributed by atoms with Crippen molar-refractivity contribution in [2.24, 2.45) is 5.73 Å². The maximum absolute atomic E-state index is 6.10.